The lowest BCUT2D eigenvalue weighted by atomic mass is 9.98. The number of nitrogens with one attached hydrogen (secondary N) is 1. The molecule has 2 heterocycles. The molecular weight excluding hydrogens is 402 g/mol. The highest BCUT2D eigenvalue weighted by Crippen LogP contribution is 2.30. The zero-order valence-corrected chi connectivity index (χ0v) is 17.7. The van der Waals surface area contributed by atoms with E-state index in [1.807, 2.05) is 24.3 Å². The zero-order chi connectivity index (χ0) is 21.3. The summed E-state index contributed by atoms with van der Waals surface area (Å²) in [5.41, 5.74) is 1.54. The van der Waals surface area contributed by atoms with Crippen molar-refractivity contribution in [3.63, 3.8) is 0 Å². The first-order valence-electron chi connectivity index (χ1n) is 9.82. The number of piperidine rings is 1. The number of aromatic nitrogens is 1. The minimum atomic E-state index is -0.373. The predicted molar refractivity (Wildman–Crippen MR) is 115 cm³/mol. The maximum Gasteiger partial charge on any atom is 0.410 e. The maximum absolute atomic E-state index is 12.4. The molecule has 2 amide bonds. The maximum atomic E-state index is 12.4. The van der Waals surface area contributed by atoms with Crippen LogP contribution in [0.5, 0.6) is 5.75 Å². The van der Waals surface area contributed by atoms with Crippen LogP contribution in [0.15, 0.2) is 29.6 Å². The lowest BCUT2D eigenvalue weighted by Gasteiger charge is -2.30. The summed E-state index contributed by atoms with van der Waals surface area (Å²) in [5, 5.41) is 5.65. The highest BCUT2D eigenvalue weighted by Gasteiger charge is 2.27. The number of nitrogens with zero attached hydrogens (tertiary/aromatic N) is 2. The molecule has 1 aromatic heterocycles. The third-order valence-electron chi connectivity index (χ3n) is 4.97. The first kappa shape index (κ1) is 21.7. The van der Waals surface area contributed by atoms with Crippen molar-refractivity contribution in [1.29, 1.82) is 0 Å². The number of amides is 2. The van der Waals surface area contributed by atoms with E-state index in [2.05, 4.69) is 16.2 Å². The molecule has 0 spiro atoms. The standard InChI is InChI=1S/C22H25N3O4S/c1-3-13-29-22(27)25-11-8-17(9-12-25)21-24-19(15-30-21)20(26)23-10-7-16-5-4-6-18(14-16)28-2/h1,4-6,14-15,17H,7-13H2,2H3,(H,23,26). The van der Waals surface area contributed by atoms with Gasteiger partial charge in [0, 0.05) is 30.9 Å². The second kappa shape index (κ2) is 10.6. The summed E-state index contributed by atoms with van der Waals surface area (Å²) in [6.45, 7) is 1.70. The Bertz CT molecular complexity index is 913. The van der Waals surface area contributed by atoms with Gasteiger partial charge in [-0.3, -0.25) is 4.79 Å². The number of likely N-dealkylation sites (tertiary alicyclic amines) is 1. The molecule has 7 nitrogen and oxygen atoms in total. The monoisotopic (exact) mass is 427 g/mol. The predicted octanol–water partition coefficient (Wildman–Crippen LogP) is 3.07. The van der Waals surface area contributed by atoms with Gasteiger partial charge in [-0.25, -0.2) is 9.78 Å². The number of rotatable bonds is 7. The molecule has 0 radical (unpaired) electrons. The van der Waals surface area contributed by atoms with E-state index in [1.54, 1.807) is 17.4 Å². The molecule has 0 unspecified atom stereocenters. The fraction of sp³-hybridized carbons (Fsp3) is 0.409. The quantitative estimate of drug-likeness (QED) is 0.687. The van der Waals surface area contributed by atoms with Gasteiger partial charge in [-0.15, -0.1) is 17.8 Å². The van der Waals surface area contributed by atoms with Gasteiger partial charge in [-0.1, -0.05) is 18.1 Å². The molecule has 8 heteroatoms. The van der Waals surface area contributed by atoms with E-state index in [-0.39, 0.29) is 24.5 Å². The molecule has 0 saturated carbocycles. The molecular formula is C22H25N3O4S. The Morgan fingerprint density at radius 3 is 2.90 bits per heavy atom. The van der Waals surface area contributed by atoms with Crippen LogP contribution in [-0.2, 0) is 11.2 Å². The summed E-state index contributed by atoms with van der Waals surface area (Å²) < 4.78 is 10.2. The topological polar surface area (TPSA) is 80.8 Å². The van der Waals surface area contributed by atoms with E-state index in [0.29, 0.717) is 31.7 Å². The number of ether oxygens (including phenoxy) is 2. The van der Waals surface area contributed by atoms with Crippen LogP contribution in [0.25, 0.3) is 0 Å². The molecule has 0 bridgehead atoms. The fourth-order valence-corrected chi connectivity index (χ4v) is 4.29. The largest absolute Gasteiger partial charge is 0.497 e. The van der Waals surface area contributed by atoms with Crippen molar-refractivity contribution in [2.45, 2.75) is 25.2 Å². The van der Waals surface area contributed by atoms with Gasteiger partial charge in [-0.05, 0) is 37.0 Å². The SMILES string of the molecule is C#CCOC(=O)N1CCC(c2nc(C(=O)NCCc3cccc(OC)c3)cs2)CC1. The first-order valence-corrected chi connectivity index (χ1v) is 10.7. The van der Waals surface area contributed by atoms with Crippen LogP contribution in [0, 0.1) is 12.3 Å². The van der Waals surface area contributed by atoms with Crippen LogP contribution in [0.3, 0.4) is 0 Å². The summed E-state index contributed by atoms with van der Waals surface area (Å²) >= 11 is 1.49. The molecule has 1 aliphatic rings. The highest BCUT2D eigenvalue weighted by molar-refractivity contribution is 7.09. The minimum absolute atomic E-state index is 0.0124. The average molecular weight is 428 g/mol. The summed E-state index contributed by atoms with van der Waals surface area (Å²) in [6, 6.07) is 7.79. The van der Waals surface area contributed by atoms with Gasteiger partial charge in [0.2, 0.25) is 0 Å². The van der Waals surface area contributed by atoms with Gasteiger partial charge in [0.15, 0.2) is 6.61 Å². The van der Waals surface area contributed by atoms with Gasteiger partial charge < -0.3 is 19.7 Å². The normalized spacial score (nSPS) is 14.1. The molecule has 0 aliphatic carbocycles. The molecule has 1 fully saturated rings. The van der Waals surface area contributed by atoms with Crippen molar-refractivity contribution >= 4 is 23.3 Å². The number of carbonyl (C=O) groups excluding carboxylic acids is 2. The number of hydrogen-bond acceptors (Lipinski definition) is 6. The Morgan fingerprint density at radius 2 is 2.17 bits per heavy atom. The van der Waals surface area contributed by atoms with E-state index in [0.717, 1.165) is 29.2 Å². The van der Waals surface area contributed by atoms with E-state index >= 15 is 0 Å². The molecule has 30 heavy (non-hydrogen) atoms. The van der Waals surface area contributed by atoms with Crippen molar-refractivity contribution in [2.75, 3.05) is 33.4 Å². The average Bonchev–Trinajstić information content (AvgIpc) is 3.28. The number of thiazole rings is 1. The smallest absolute Gasteiger partial charge is 0.410 e. The van der Waals surface area contributed by atoms with Crippen molar-refractivity contribution in [3.8, 4) is 18.1 Å². The van der Waals surface area contributed by atoms with Crippen molar-refractivity contribution in [1.82, 2.24) is 15.2 Å². The molecule has 1 saturated heterocycles. The molecule has 0 atom stereocenters. The Labute approximate surface area is 180 Å². The second-order valence-electron chi connectivity index (χ2n) is 6.95. The van der Waals surface area contributed by atoms with Gasteiger partial charge >= 0.3 is 6.09 Å². The van der Waals surface area contributed by atoms with Gasteiger partial charge in [0.1, 0.15) is 11.4 Å². The van der Waals surface area contributed by atoms with E-state index in [9.17, 15) is 9.59 Å². The van der Waals surface area contributed by atoms with Crippen molar-refractivity contribution in [3.05, 3.63) is 45.9 Å². The Balaban J connectivity index is 1.46. The van der Waals surface area contributed by atoms with Crippen LogP contribution in [0.2, 0.25) is 0 Å². The fourth-order valence-electron chi connectivity index (χ4n) is 3.32. The number of carbonyl (C=O) groups is 2. The summed E-state index contributed by atoms with van der Waals surface area (Å²) in [6.07, 6.45) is 7.03. The lowest BCUT2D eigenvalue weighted by Crippen LogP contribution is -2.38. The number of hydrogen-bond donors (Lipinski definition) is 1. The zero-order valence-electron chi connectivity index (χ0n) is 16.9. The van der Waals surface area contributed by atoms with Crippen molar-refractivity contribution < 1.29 is 19.1 Å². The Morgan fingerprint density at radius 1 is 1.37 bits per heavy atom. The number of benzene rings is 1. The molecule has 2 aromatic rings. The van der Waals surface area contributed by atoms with E-state index < -0.39 is 0 Å². The van der Waals surface area contributed by atoms with Gasteiger partial charge in [0.25, 0.3) is 5.91 Å². The molecule has 158 valence electrons. The molecule has 1 aromatic carbocycles. The van der Waals surface area contributed by atoms with E-state index in [1.165, 1.54) is 11.3 Å². The van der Waals surface area contributed by atoms with E-state index in [4.69, 9.17) is 15.9 Å². The number of methoxy groups -OCH3 is 1. The van der Waals surface area contributed by atoms with Gasteiger partial charge in [-0.2, -0.15) is 0 Å². The molecule has 1 aliphatic heterocycles. The summed E-state index contributed by atoms with van der Waals surface area (Å²) in [7, 11) is 1.63. The Kier molecular flexibility index (Phi) is 7.69. The summed E-state index contributed by atoms with van der Waals surface area (Å²) in [5.74, 6) is 3.17. The number of terminal acetylenes is 1. The molecule has 3 rings (SSSR count). The Hall–Kier alpha value is -3.05. The van der Waals surface area contributed by atoms with Crippen LogP contribution in [-0.4, -0.2) is 55.2 Å². The van der Waals surface area contributed by atoms with Crippen LogP contribution in [0.1, 0.15) is 39.8 Å². The highest BCUT2D eigenvalue weighted by atomic mass is 32.1. The first-order chi connectivity index (χ1) is 14.6. The second-order valence-corrected chi connectivity index (χ2v) is 7.84. The minimum Gasteiger partial charge on any atom is -0.497 e. The van der Waals surface area contributed by atoms with Crippen molar-refractivity contribution in [2.24, 2.45) is 0 Å². The third-order valence-corrected chi connectivity index (χ3v) is 5.98. The van der Waals surface area contributed by atoms with Crippen LogP contribution >= 0.6 is 11.3 Å². The van der Waals surface area contributed by atoms with Gasteiger partial charge in [0.05, 0.1) is 12.1 Å². The molecule has 1 N–H and O–H groups in total. The van der Waals surface area contributed by atoms with Crippen LogP contribution in [0.4, 0.5) is 4.79 Å². The third kappa shape index (κ3) is 5.74. The van der Waals surface area contributed by atoms with Crippen LogP contribution < -0.4 is 10.1 Å². The summed E-state index contributed by atoms with van der Waals surface area (Å²) in [4.78, 5) is 30.5. The lowest BCUT2D eigenvalue weighted by molar-refractivity contribution is 0.0949.